The molecule has 2 heterocycles. The van der Waals surface area contributed by atoms with Crippen LogP contribution in [0.15, 0.2) is 137 Å². The highest BCUT2D eigenvalue weighted by Gasteiger charge is 2.28. The third-order valence-electron chi connectivity index (χ3n) is 8.27. The molecule has 240 valence electrons. The Labute approximate surface area is 300 Å². The van der Waals surface area contributed by atoms with Crippen LogP contribution in [-0.2, 0) is 0 Å². The number of carbonyl (C=O) groups is 2. The van der Waals surface area contributed by atoms with Crippen LogP contribution in [0.25, 0.3) is 21.8 Å². The van der Waals surface area contributed by atoms with Gasteiger partial charge in [0.05, 0.1) is 44.9 Å². The Hall–Kier alpha value is -5.38. The first kappa shape index (κ1) is 32.2. The highest BCUT2D eigenvalue weighted by molar-refractivity contribution is 9.10. The predicted octanol–water partition coefficient (Wildman–Crippen LogP) is 10.9. The van der Waals surface area contributed by atoms with Gasteiger partial charge >= 0.3 is 0 Å². The Morgan fingerprint density at radius 1 is 0.571 bits per heavy atom. The molecule has 2 N–H and O–H groups in total. The van der Waals surface area contributed by atoms with E-state index in [2.05, 4.69) is 52.5 Å². The zero-order valence-electron chi connectivity index (χ0n) is 26.5. The number of nitrogens with zero attached hydrogens (tertiary/aromatic N) is 3. The summed E-state index contributed by atoms with van der Waals surface area (Å²) in [6.45, 7) is 3.81. The van der Waals surface area contributed by atoms with E-state index in [1.54, 1.807) is 12.4 Å². The second-order valence-electron chi connectivity index (χ2n) is 11.6. The standard InChI is InChI=1S/C40H29Br2N5O2/c1-24-20-28(41)22-33(35(24)39(48)45-31-16-6-10-26-12-8-18-43-37(26)31)47(30-14-4-3-5-15-30)34-23-29(42)21-25(2)36(34)40(49)46-32-17-7-11-27-13-9-19-44-38(27)32/h3-23H,1-2H3,(H,45,48)(H,46,49). The number of halogens is 2. The molecule has 49 heavy (non-hydrogen) atoms. The molecule has 0 fully saturated rings. The minimum absolute atomic E-state index is 0.307. The molecule has 7 aromatic rings. The van der Waals surface area contributed by atoms with E-state index in [9.17, 15) is 9.59 Å². The largest absolute Gasteiger partial charge is 0.320 e. The van der Waals surface area contributed by atoms with Gasteiger partial charge in [-0.1, -0.05) is 86.5 Å². The second kappa shape index (κ2) is 13.6. The van der Waals surface area contributed by atoms with E-state index in [0.717, 1.165) is 36.5 Å². The molecule has 7 rings (SSSR count). The smallest absolute Gasteiger partial charge is 0.258 e. The minimum Gasteiger partial charge on any atom is -0.320 e. The molecule has 7 nitrogen and oxygen atoms in total. The summed E-state index contributed by atoms with van der Waals surface area (Å²) in [5.41, 5.74) is 6.91. The maximum Gasteiger partial charge on any atom is 0.258 e. The number of fused-ring (bicyclic) bond motifs is 2. The Morgan fingerprint density at radius 2 is 1.02 bits per heavy atom. The third kappa shape index (κ3) is 6.42. The number of nitrogens with one attached hydrogen (secondary N) is 2. The van der Waals surface area contributed by atoms with E-state index in [-0.39, 0.29) is 11.8 Å². The average Bonchev–Trinajstić information content (AvgIpc) is 3.08. The Kier molecular flexibility index (Phi) is 8.95. The van der Waals surface area contributed by atoms with Crippen molar-refractivity contribution in [1.29, 1.82) is 0 Å². The van der Waals surface area contributed by atoms with Gasteiger partial charge in [-0.2, -0.15) is 0 Å². The van der Waals surface area contributed by atoms with Crippen molar-refractivity contribution in [3.05, 3.63) is 159 Å². The van der Waals surface area contributed by atoms with E-state index in [0.29, 0.717) is 44.9 Å². The van der Waals surface area contributed by atoms with E-state index in [1.165, 1.54) is 0 Å². The number of benzene rings is 5. The Morgan fingerprint density at radius 3 is 1.49 bits per heavy atom. The number of anilines is 5. The lowest BCUT2D eigenvalue weighted by Gasteiger charge is -2.31. The summed E-state index contributed by atoms with van der Waals surface area (Å²) in [5, 5.41) is 8.10. The second-order valence-corrected chi connectivity index (χ2v) is 13.4. The number of aromatic nitrogens is 2. The minimum atomic E-state index is -0.307. The van der Waals surface area contributed by atoms with Crippen molar-refractivity contribution in [2.24, 2.45) is 0 Å². The number of hydrogen-bond acceptors (Lipinski definition) is 5. The van der Waals surface area contributed by atoms with Crippen molar-refractivity contribution in [3.8, 4) is 0 Å². The maximum atomic E-state index is 14.4. The van der Waals surface area contributed by atoms with Crippen LogP contribution < -0.4 is 15.5 Å². The lowest BCUT2D eigenvalue weighted by Crippen LogP contribution is -2.23. The Bertz CT molecular complexity index is 2240. The van der Waals surface area contributed by atoms with Crippen molar-refractivity contribution in [2.75, 3.05) is 15.5 Å². The zero-order valence-corrected chi connectivity index (χ0v) is 29.7. The molecule has 0 aliphatic rings. The highest BCUT2D eigenvalue weighted by atomic mass is 79.9. The van der Waals surface area contributed by atoms with Crippen LogP contribution in [0.2, 0.25) is 0 Å². The van der Waals surface area contributed by atoms with Crippen molar-refractivity contribution in [1.82, 2.24) is 9.97 Å². The fourth-order valence-electron chi connectivity index (χ4n) is 6.16. The lowest BCUT2D eigenvalue weighted by atomic mass is 9.99. The molecule has 0 unspecified atom stereocenters. The summed E-state index contributed by atoms with van der Waals surface area (Å²) in [6, 6.07) is 36.4. The number of hydrogen-bond donors (Lipinski definition) is 2. The summed E-state index contributed by atoms with van der Waals surface area (Å²) in [5.74, 6) is -0.614. The van der Waals surface area contributed by atoms with Crippen LogP contribution in [-0.4, -0.2) is 21.8 Å². The van der Waals surface area contributed by atoms with Gasteiger partial charge in [-0.05, 0) is 85.6 Å². The van der Waals surface area contributed by atoms with Gasteiger partial charge in [-0.15, -0.1) is 0 Å². The topological polar surface area (TPSA) is 87.2 Å². The quantitative estimate of drug-likeness (QED) is 0.169. The van der Waals surface area contributed by atoms with Crippen molar-refractivity contribution < 1.29 is 9.59 Å². The van der Waals surface area contributed by atoms with Crippen LogP contribution in [0.3, 0.4) is 0 Å². The van der Waals surface area contributed by atoms with Crippen LogP contribution in [0.4, 0.5) is 28.4 Å². The molecule has 2 amide bonds. The molecule has 2 aromatic heterocycles. The first-order chi connectivity index (χ1) is 23.8. The summed E-state index contributed by atoms with van der Waals surface area (Å²) in [4.78, 5) is 39.9. The summed E-state index contributed by atoms with van der Waals surface area (Å²) >= 11 is 7.38. The number of carbonyl (C=O) groups excluding carboxylic acids is 2. The number of amides is 2. The molecule has 9 heteroatoms. The van der Waals surface area contributed by atoms with E-state index < -0.39 is 0 Å². The molecule has 0 saturated heterocycles. The number of aryl methyl sites for hydroxylation is 2. The molecule has 0 saturated carbocycles. The maximum absolute atomic E-state index is 14.4. The molecular weight excluding hydrogens is 742 g/mol. The van der Waals surface area contributed by atoms with Crippen molar-refractivity contribution in [2.45, 2.75) is 13.8 Å². The van der Waals surface area contributed by atoms with Gasteiger partial charge in [0.15, 0.2) is 0 Å². The van der Waals surface area contributed by atoms with E-state index >= 15 is 0 Å². The van der Waals surface area contributed by atoms with Gasteiger partial charge in [0.2, 0.25) is 0 Å². The Balaban J connectivity index is 1.40. The van der Waals surface area contributed by atoms with Gasteiger partial charge in [0, 0.05) is 37.8 Å². The van der Waals surface area contributed by atoms with E-state index in [1.807, 2.05) is 134 Å². The van der Waals surface area contributed by atoms with Crippen LogP contribution in [0.1, 0.15) is 31.8 Å². The zero-order chi connectivity index (χ0) is 34.1. The van der Waals surface area contributed by atoms with E-state index in [4.69, 9.17) is 0 Å². The molecule has 0 spiro atoms. The van der Waals surface area contributed by atoms with Crippen LogP contribution in [0, 0.1) is 13.8 Å². The summed E-state index contributed by atoms with van der Waals surface area (Å²) < 4.78 is 1.56. The SMILES string of the molecule is Cc1cc(Br)cc(N(c2ccccc2)c2cc(Br)cc(C)c2C(=O)Nc2cccc3cccnc23)c1C(=O)Nc1cccc2cccnc12. The van der Waals surface area contributed by atoms with Crippen molar-refractivity contribution >= 4 is 93.9 Å². The lowest BCUT2D eigenvalue weighted by molar-refractivity contribution is 0.101. The third-order valence-corrected chi connectivity index (χ3v) is 9.19. The molecule has 0 aliphatic carbocycles. The number of rotatable bonds is 7. The predicted molar refractivity (Wildman–Crippen MR) is 205 cm³/mol. The highest BCUT2D eigenvalue weighted by Crippen LogP contribution is 2.43. The molecular formula is C40H29Br2N5O2. The van der Waals surface area contributed by atoms with Crippen molar-refractivity contribution in [3.63, 3.8) is 0 Å². The van der Waals surface area contributed by atoms with Crippen LogP contribution >= 0.6 is 31.9 Å². The summed E-state index contributed by atoms with van der Waals surface area (Å²) in [7, 11) is 0. The molecule has 0 bridgehead atoms. The summed E-state index contributed by atoms with van der Waals surface area (Å²) in [6.07, 6.45) is 3.42. The van der Waals surface area contributed by atoms with Gasteiger partial charge in [-0.25, -0.2) is 0 Å². The fraction of sp³-hybridized carbons (Fsp3) is 0.0500. The number of para-hydroxylation sites is 3. The fourth-order valence-corrected chi connectivity index (χ4v) is 7.28. The van der Waals surface area contributed by atoms with Gasteiger partial charge in [0.1, 0.15) is 0 Å². The first-order valence-corrected chi connectivity index (χ1v) is 17.1. The molecule has 5 aromatic carbocycles. The van der Waals surface area contributed by atoms with Gasteiger partial charge in [0.25, 0.3) is 11.8 Å². The molecule has 0 aliphatic heterocycles. The van der Waals surface area contributed by atoms with Crippen LogP contribution in [0.5, 0.6) is 0 Å². The van der Waals surface area contributed by atoms with Gasteiger partial charge < -0.3 is 15.5 Å². The molecule has 0 atom stereocenters. The molecule has 0 radical (unpaired) electrons. The monoisotopic (exact) mass is 769 g/mol. The van der Waals surface area contributed by atoms with Gasteiger partial charge in [-0.3, -0.25) is 19.6 Å². The number of pyridine rings is 2. The normalized spacial score (nSPS) is 11.0. The first-order valence-electron chi connectivity index (χ1n) is 15.5. The average molecular weight is 772 g/mol.